The summed E-state index contributed by atoms with van der Waals surface area (Å²) in [6.45, 7) is -0.308. The van der Waals surface area contributed by atoms with E-state index in [1.54, 1.807) is 5.38 Å². The fraction of sp³-hybridized carbons (Fsp3) is 0.0556. The van der Waals surface area contributed by atoms with Gasteiger partial charge in [-0.15, -0.1) is 11.3 Å². The Kier molecular flexibility index (Phi) is 6.33. The smallest absolute Gasteiger partial charge is 0.263 e. The molecule has 0 saturated heterocycles. The molecule has 29 heavy (non-hydrogen) atoms. The van der Waals surface area contributed by atoms with Crippen molar-refractivity contribution in [3.8, 4) is 11.8 Å². The van der Waals surface area contributed by atoms with Crippen molar-refractivity contribution in [3.05, 3.63) is 64.6 Å². The van der Waals surface area contributed by atoms with E-state index < -0.39 is 15.9 Å². The highest BCUT2D eigenvalue weighted by Gasteiger charge is 2.15. The van der Waals surface area contributed by atoms with Crippen molar-refractivity contribution in [1.29, 1.82) is 5.26 Å². The van der Waals surface area contributed by atoms with E-state index in [1.807, 2.05) is 6.07 Å². The first-order valence-electron chi connectivity index (χ1n) is 8.02. The number of nitrogens with one attached hydrogen (secondary N) is 2. The van der Waals surface area contributed by atoms with Crippen molar-refractivity contribution < 1.29 is 17.9 Å². The summed E-state index contributed by atoms with van der Waals surface area (Å²) in [6, 6.07) is 12.1. The number of nitrogens with zero attached hydrogens (tertiary/aromatic N) is 2. The molecule has 0 radical (unpaired) electrons. The van der Waals surface area contributed by atoms with Crippen LogP contribution in [0.25, 0.3) is 0 Å². The van der Waals surface area contributed by atoms with Crippen molar-refractivity contribution in [2.24, 2.45) is 0 Å². The second kappa shape index (κ2) is 8.91. The molecule has 3 rings (SSSR count). The molecule has 0 aliphatic rings. The zero-order chi connectivity index (χ0) is 20.9. The van der Waals surface area contributed by atoms with Gasteiger partial charge in [-0.3, -0.25) is 9.52 Å². The largest absolute Gasteiger partial charge is 0.482 e. The maximum absolute atomic E-state index is 12.3. The maximum Gasteiger partial charge on any atom is 0.263 e. The minimum atomic E-state index is -3.76. The Morgan fingerprint density at radius 2 is 2.00 bits per heavy atom. The minimum Gasteiger partial charge on any atom is -0.482 e. The van der Waals surface area contributed by atoms with Crippen molar-refractivity contribution in [2.75, 3.05) is 16.6 Å². The van der Waals surface area contributed by atoms with Crippen LogP contribution in [0.1, 0.15) is 5.56 Å². The summed E-state index contributed by atoms with van der Waals surface area (Å²) in [6.07, 6.45) is 1.49. The fourth-order valence-corrected chi connectivity index (χ4v) is 4.22. The van der Waals surface area contributed by atoms with E-state index in [4.69, 9.17) is 21.6 Å². The molecule has 0 spiro atoms. The van der Waals surface area contributed by atoms with Crippen LogP contribution in [0.15, 0.2) is 58.9 Å². The van der Waals surface area contributed by atoms with Crippen LogP contribution in [0, 0.1) is 11.3 Å². The van der Waals surface area contributed by atoms with E-state index >= 15 is 0 Å². The van der Waals surface area contributed by atoms with Crippen molar-refractivity contribution in [1.82, 2.24) is 4.98 Å². The molecule has 8 nitrogen and oxygen atoms in total. The molecule has 11 heteroatoms. The Hall–Kier alpha value is -3.13. The molecule has 0 aliphatic carbocycles. The summed E-state index contributed by atoms with van der Waals surface area (Å²) in [4.78, 5) is 16.0. The lowest BCUT2D eigenvalue weighted by Gasteiger charge is -2.10. The highest BCUT2D eigenvalue weighted by molar-refractivity contribution is 7.93. The molecule has 0 aliphatic heterocycles. The molecule has 0 atom stereocenters. The molecule has 2 aromatic carbocycles. The predicted molar refractivity (Wildman–Crippen MR) is 110 cm³/mol. The number of ether oxygens (including phenoxy) is 1. The molecule has 0 fully saturated rings. The lowest BCUT2D eigenvalue weighted by molar-refractivity contribution is -0.118. The quantitative estimate of drug-likeness (QED) is 0.570. The second-order valence-electron chi connectivity index (χ2n) is 5.56. The zero-order valence-corrected chi connectivity index (χ0v) is 17.0. The number of halogens is 1. The van der Waals surface area contributed by atoms with E-state index in [-0.39, 0.29) is 27.4 Å². The second-order valence-corrected chi connectivity index (χ2v) is 8.55. The van der Waals surface area contributed by atoms with Gasteiger partial charge >= 0.3 is 0 Å². The number of aromatic nitrogens is 1. The zero-order valence-electron chi connectivity index (χ0n) is 14.6. The Labute approximate surface area is 175 Å². The van der Waals surface area contributed by atoms with Crippen LogP contribution in [-0.2, 0) is 14.8 Å². The van der Waals surface area contributed by atoms with Crippen LogP contribution in [0.5, 0.6) is 5.75 Å². The lowest BCUT2D eigenvalue weighted by Crippen LogP contribution is -2.20. The van der Waals surface area contributed by atoms with Crippen LogP contribution in [0.2, 0.25) is 5.02 Å². The van der Waals surface area contributed by atoms with Gasteiger partial charge in [-0.25, -0.2) is 13.4 Å². The van der Waals surface area contributed by atoms with E-state index in [1.165, 1.54) is 60.0 Å². The predicted octanol–water partition coefficient (Wildman–Crippen LogP) is 3.49. The third kappa shape index (κ3) is 5.45. The van der Waals surface area contributed by atoms with E-state index in [0.29, 0.717) is 11.3 Å². The van der Waals surface area contributed by atoms with Crippen LogP contribution < -0.4 is 14.8 Å². The first-order chi connectivity index (χ1) is 13.9. The van der Waals surface area contributed by atoms with Gasteiger partial charge < -0.3 is 10.1 Å². The van der Waals surface area contributed by atoms with Gasteiger partial charge in [0.25, 0.3) is 15.9 Å². The Morgan fingerprint density at radius 3 is 2.62 bits per heavy atom. The molecular formula is C18H13ClN4O4S2. The topological polar surface area (TPSA) is 121 Å². The van der Waals surface area contributed by atoms with Crippen molar-refractivity contribution in [3.63, 3.8) is 0 Å². The highest BCUT2D eigenvalue weighted by atomic mass is 35.5. The van der Waals surface area contributed by atoms with E-state index in [2.05, 4.69) is 15.0 Å². The lowest BCUT2D eigenvalue weighted by atomic mass is 10.2. The number of amides is 1. The molecular weight excluding hydrogens is 436 g/mol. The van der Waals surface area contributed by atoms with Gasteiger partial charge in [0.15, 0.2) is 11.7 Å². The fourth-order valence-electron chi connectivity index (χ4n) is 2.19. The number of thiazole rings is 1. The van der Waals surface area contributed by atoms with Gasteiger partial charge in [0.1, 0.15) is 5.75 Å². The summed E-state index contributed by atoms with van der Waals surface area (Å²) in [5, 5.41) is 13.5. The monoisotopic (exact) mass is 448 g/mol. The molecule has 0 unspecified atom stereocenters. The van der Waals surface area contributed by atoms with Gasteiger partial charge in [0.05, 0.1) is 21.6 Å². The number of hydrogen-bond donors (Lipinski definition) is 2. The Bertz CT molecular complexity index is 1160. The molecule has 148 valence electrons. The van der Waals surface area contributed by atoms with Gasteiger partial charge in [-0.2, -0.15) is 5.26 Å². The van der Waals surface area contributed by atoms with Gasteiger partial charge in [-0.1, -0.05) is 11.6 Å². The molecule has 1 heterocycles. The standard InChI is InChI=1S/C18H13ClN4O4S2/c19-15-9-12(10-20)1-6-16(15)27-11-17(24)22-13-2-4-14(5-3-13)29(25,26)23-18-21-7-8-28-18/h1-9H,11H2,(H,21,23)(H,22,24). The number of carbonyl (C=O) groups is 1. The summed E-state index contributed by atoms with van der Waals surface area (Å²) in [5.74, 6) is -0.183. The maximum atomic E-state index is 12.3. The third-order valence-corrected chi connectivity index (χ3v) is 5.99. The number of carbonyl (C=O) groups excluding carboxylic acids is 1. The summed E-state index contributed by atoms with van der Waals surface area (Å²) < 4.78 is 32.3. The van der Waals surface area contributed by atoms with E-state index in [0.717, 1.165) is 0 Å². The van der Waals surface area contributed by atoms with E-state index in [9.17, 15) is 13.2 Å². The summed E-state index contributed by atoms with van der Waals surface area (Å²) in [5.41, 5.74) is 0.781. The average molecular weight is 449 g/mol. The number of nitriles is 1. The molecule has 2 N–H and O–H groups in total. The SMILES string of the molecule is N#Cc1ccc(OCC(=O)Nc2ccc(S(=O)(=O)Nc3nccs3)cc2)c(Cl)c1. The number of anilines is 2. The van der Waals surface area contributed by atoms with Crippen LogP contribution >= 0.6 is 22.9 Å². The van der Waals surface area contributed by atoms with Crippen LogP contribution in [0.3, 0.4) is 0 Å². The average Bonchev–Trinajstić information content (AvgIpc) is 3.19. The molecule has 1 amide bonds. The number of hydrogen-bond acceptors (Lipinski definition) is 7. The van der Waals surface area contributed by atoms with Crippen molar-refractivity contribution in [2.45, 2.75) is 4.90 Å². The minimum absolute atomic E-state index is 0.0336. The van der Waals surface area contributed by atoms with Crippen molar-refractivity contribution >= 4 is 49.7 Å². The first kappa shape index (κ1) is 20.6. The normalized spacial score (nSPS) is 10.8. The highest BCUT2D eigenvalue weighted by Crippen LogP contribution is 2.25. The first-order valence-corrected chi connectivity index (χ1v) is 10.8. The Balaban J connectivity index is 1.58. The number of sulfonamides is 1. The van der Waals surface area contributed by atoms with Gasteiger partial charge in [0.2, 0.25) is 0 Å². The van der Waals surface area contributed by atoms with Crippen LogP contribution in [0.4, 0.5) is 10.8 Å². The number of benzene rings is 2. The molecule has 1 aromatic heterocycles. The molecule has 3 aromatic rings. The number of rotatable bonds is 7. The van der Waals surface area contributed by atoms with Gasteiger partial charge in [-0.05, 0) is 42.5 Å². The molecule has 0 bridgehead atoms. The summed E-state index contributed by atoms with van der Waals surface area (Å²) >= 11 is 7.15. The molecule has 0 saturated carbocycles. The van der Waals surface area contributed by atoms with Crippen LogP contribution in [-0.4, -0.2) is 25.9 Å². The van der Waals surface area contributed by atoms with Gasteiger partial charge in [0, 0.05) is 17.3 Å². The third-order valence-electron chi connectivity index (χ3n) is 3.52. The Morgan fingerprint density at radius 1 is 1.24 bits per heavy atom. The summed E-state index contributed by atoms with van der Waals surface area (Å²) in [7, 11) is -3.76.